The molecule has 4 N–H and O–H groups in total. The number of aliphatic hydroxyl groups excluding tert-OH is 1. The summed E-state index contributed by atoms with van der Waals surface area (Å²) in [5, 5.41) is 13.4. The van der Waals surface area contributed by atoms with Gasteiger partial charge in [0.1, 0.15) is 6.61 Å². The molecule has 0 aliphatic heterocycles. The number of ether oxygens (including phenoxy) is 2. The number of hydrogen-bond donors (Lipinski definition) is 3. The Kier molecular flexibility index (Phi) is 9.82. The van der Waals surface area contributed by atoms with E-state index in [1.54, 1.807) is 18.2 Å². The van der Waals surface area contributed by atoms with Crippen molar-refractivity contribution in [1.82, 2.24) is 9.88 Å². The third-order valence-electron chi connectivity index (χ3n) is 5.95. The molecule has 1 aromatic heterocycles. The summed E-state index contributed by atoms with van der Waals surface area (Å²) in [5.74, 6) is -0.177. The quantitative estimate of drug-likeness (QED) is 0.276. The highest BCUT2D eigenvalue weighted by atomic mass is 19.4. The van der Waals surface area contributed by atoms with E-state index < -0.39 is 18.7 Å². The van der Waals surface area contributed by atoms with Crippen LogP contribution in [0.25, 0.3) is 10.9 Å². The lowest BCUT2D eigenvalue weighted by Crippen LogP contribution is -2.32. The van der Waals surface area contributed by atoms with Crippen LogP contribution in [0.4, 0.5) is 13.2 Å². The number of aromatic nitrogens is 1. The van der Waals surface area contributed by atoms with Crippen LogP contribution in [0.1, 0.15) is 41.8 Å². The predicted molar refractivity (Wildman–Crippen MR) is 136 cm³/mol. The number of aryl methyl sites for hydroxylation is 2. The molecule has 0 bridgehead atoms. The second-order valence-electron chi connectivity index (χ2n) is 8.98. The van der Waals surface area contributed by atoms with Crippen LogP contribution in [0, 0.1) is 0 Å². The molecule has 3 aromatic rings. The zero-order valence-electron chi connectivity index (χ0n) is 21.1. The SMILES string of the molecule is CCc1ccc(OCC(F)(F)F)c(OCCN[C@H](C)Cc2cc(C(N)=O)c3c(ccn3CCCO)c2)c1. The van der Waals surface area contributed by atoms with Crippen molar-refractivity contribution in [1.29, 1.82) is 0 Å². The van der Waals surface area contributed by atoms with Crippen LogP contribution < -0.4 is 20.5 Å². The monoisotopic (exact) mass is 521 g/mol. The molecular formula is C27H34F3N3O4. The molecule has 3 rings (SSSR count). The van der Waals surface area contributed by atoms with Crippen LogP contribution in [0.5, 0.6) is 11.5 Å². The summed E-state index contributed by atoms with van der Waals surface area (Å²) in [6.45, 7) is 3.90. The maximum absolute atomic E-state index is 12.6. The standard InChI is InChI=1S/C27H34F3N3O4/c1-3-19-5-6-23(37-17-27(28,29)30)24(16-19)36-12-8-32-18(2)13-20-14-21-7-10-33(9-4-11-34)25(21)22(15-20)26(31)35/h5-7,10,14-16,18,32,34H,3-4,8-9,11-13,17H2,1-2H3,(H2,31,35)/t18-/m1/s1. The van der Waals surface area contributed by atoms with E-state index in [2.05, 4.69) is 5.32 Å². The van der Waals surface area contributed by atoms with Gasteiger partial charge in [0, 0.05) is 37.3 Å². The topological polar surface area (TPSA) is 98.7 Å². The molecule has 0 aliphatic carbocycles. The molecule has 37 heavy (non-hydrogen) atoms. The first kappa shape index (κ1) is 28.3. The number of benzene rings is 2. The molecule has 7 nitrogen and oxygen atoms in total. The molecule has 10 heteroatoms. The Morgan fingerprint density at radius 1 is 1.14 bits per heavy atom. The lowest BCUT2D eigenvalue weighted by Gasteiger charge is -2.17. The van der Waals surface area contributed by atoms with E-state index >= 15 is 0 Å². The largest absolute Gasteiger partial charge is 0.488 e. The third kappa shape index (κ3) is 8.13. The molecule has 0 aliphatic rings. The average molecular weight is 522 g/mol. The molecule has 202 valence electrons. The Morgan fingerprint density at radius 3 is 2.59 bits per heavy atom. The van der Waals surface area contributed by atoms with E-state index in [-0.39, 0.29) is 30.8 Å². The molecule has 0 spiro atoms. The van der Waals surface area contributed by atoms with Gasteiger partial charge in [0.15, 0.2) is 18.1 Å². The van der Waals surface area contributed by atoms with Crippen molar-refractivity contribution in [3.63, 3.8) is 0 Å². The maximum Gasteiger partial charge on any atom is 0.422 e. The van der Waals surface area contributed by atoms with Crippen molar-refractivity contribution >= 4 is 16.8 Å². The number of amides is 1. The van der Waals surface area contributed by atoms with Crippen molar-refractivity contribution in [3.8, 4) is 11.5 Å². The lowest BCUT2D eigenvalue weighted by atomic mass is 10.0. The summed E-state index contributed by atoms with van der Waals surface area (Å²) in [4.78, 5) is 12.2. The molecule has 0 radical (unpaired) electrons. The van der Waals surface area contributed by atoms with Gasteiger partial charge in [0.25, 0.3) is 5.91 Å². The highest BCUT2D eigenvalue weighted by Gasteiger charge is 2.29. The molecule has 0 saturated heterocycles. The highest BCUT2D eigenvalue weighted by molar-refractivity contribution is 6.05. The second-order valence-corrected chi connectivity index (χ2v) is 8.98. The Bertz CT molecular complexity index is 1190. The molecular weight excluding hydrogens is 487 g/mol. The molecule has 1 heterocycles. The van der Waals surface area contributed by atoms with E-state index in [4.69, 9.17) is 20.3 Å². The van der Waals surface area contributed by atoms with Gasteiger partial charge in [0.05, 0.1) is 11.1 Å². The fourth-order valence-electron chi connectivity index (χ4n) is 4.20. The minimum absolute atomic E-state index is 0.0289. The van der Waals surface area contributed by atoms with E-state index in [1.165, 1.54) is 6.07 Å². The first-order chi connectivity index (χ1) is 17.6. The van der Waals surface area contributed by atoms with Crippen LogP contribution in [0.2, 0.25) is 0 Å². The van der Waals surface area contributed by atoms with Crippen molar-refractivity contribution in [3.05, 3.63) is 59.3 Å². The van der Waals surface area contributed by atoms with Crippen molar-refractivity contribution in [2.24, 2.45) is 5.73 Å². The number of carbonyl (C=O) groups is 1. The number of halogens is 3. The zero-order chi connectivity index (χ0) is 27.0. The van der Waals surface area contributed by atoms with Gasteiger partial charge in [-0.3, -0.25) is 4.79 Å². The van der Waals surface area contributed by atoms with E-state index in [0.717, 1.165) is 22.0 Å². The Hall–Kier alpha value is -3.24. The highest BCUT2D eigenvalue weighted by Crippen LogP contribution is 2.30. The summed E-state index contributed by atoms with van der Waals surface area (Å²) < 4.78 is 50.4. The van der Waals surface area contributed by atoms with E-state index in [9.17, 15) is 18.0 Å². The van der Waals surface area contributed by atoms with Crippen molar-refractivity contribution in [2.75, 3.05) is 26.4 Å². The fraction of sp³-hybridized carbons (Fsp3) is 0.444. The smallest absolute Gasteiger partial charge is 0.422 e. The van der Waals surface area contributed by atoms with Crippen LogP contribution in [0.3, 0.4) is 0 Å². The second kappa shape index (κ2) is 12.8. The van der Waals surface area contributed by atoms with Gasteiger partial charge in [-0.1, -0.05) is 13.0 Å². The molecule has 1 amide bonds. The van der Waals surface area contributed by atoms with Gasteiger partial charge in [0.2, 0.25) is 0 Å². The third-order valence-corrected chi connectivity index (χ3v) is 5.95. The summed E-state index contributed by atoms with van der Waals surface area (Å²) >= 11 is 0. The maximum atomic E-state index is 12.6. The van der Waals surface area contributed by atoms with Gasteiger partial charge in [-0.15, -0.1) is 0 Å². The lowest BCUT2D eigenvalue weighted by molar-refractivity contribution is -0.153. The van der Waals surface area contributed by atoms with E-state index in [1.807, 2.05) is 36.7 Å². The number of hydrogen-bond acceptors (Lipinski definition) is 5. The first-order valence-corrected chi connectivity index (χ1v) is 12.3. The number of primary amides is 1. The number of carbonyl (C=O) groups excluding carboxylic acids is 1. The van der Waals surface area contributed by atoms with Gasteiger partial charge in [-0.05, 0) is 67.6 Å². The van der Waals surface area contributed by atoms with Crippen LogP contribution in [-0.4, -0.2) is 54.2 Å². The van der Waals surface area contributed by atoms with Crippen molar-refractivity contribution < 1.29 is 32.5 Å². The van der Waals surface area contributed by atoms with Gasteiger partial charge >= 0.3 is 6.18 Å². The number of nitrogens with one attached hydrogen (secondary N) is 1. The van der Waals surface area contributed by atoms with Crippen molar-refractivity contribution in [2.45, 2.75) is 51.9 Å². The van der Waals surface area contributed by atoms with Crippen LogP contribution in [-0.2, 0) is 19.4 Å². The number of alkyl halides is 3. The summed E-state index contributed by atoms with van der Waals surface area (Å²) in [6, 6.07) is 10.7. The molecule has 0 unspecified atom stereocenters. The molecule has 0 saturated carbocycles. The number of rotatable bonds is 14. The predicted octanol–water partition coefficient (Wildman–Crippen LogP) is 4.23. The molecule has 1 atom stereocenters. The Balaban J connectivity index is 1.60. The molecule has 0 fully saturated rings. The van der Waals surface area contributed by atoms with Gasteiger partial charge in [-0.25, -0.2) is 0 Å². The number of nitrogens with zero attached hydrogens (tertiary/aromatic N) is 1. The summed E-state index contributed by atoms with van der Waals surface area (Å²) in [6.07, 6.45) is -0.630. The van der Waals surface area contributed by atoms with Crippen LogP contribution >= 0.6 is 0 Å². The van der Waals surface area contributed by atoms with Crippen LogP contribution in [0.15, 0.2) is 42.6 Å². The fourth-order valence-corrected chi connectivity index (χ4v) is 4.20. The zero-order valence-corrected chi connectivity index (χ0v) is 21.1. The number of aliphatic hydroxyl groups is 1. The normalized spacial score (nSPS) is 12.6. The Labute approximate surface area is 214 Å². The van der Waals surface area contributed by atoms with Gasteiger partial charge < -0.3 is 30.2 Å². The summed E-state index contributed by atoms with van der Waals surface area (Å²) in [5.41, 5.74) is 8.74. The molecule has 2 aromatic carbocycles. The average Bonchev–Trinajstić information content (AvgIpc) is 3.25. The number of fused-ring (bicyclic) bond motifs is 1. The first-order valence-electron chi connectivity index (χ1n) is 12.3. The van der Waals surface area contributed by atoms with Gasteiger partial charge in [-0.2, -0.15) is 13.2 Å². The summed E-state index contributed by atoms with van der Waals surface area (Å²) in [7, 11) is 0. The number of nitrogens with two attached hydrogens (primary N) is 1. The Morgan fingerprint density at radius 2 is 1.92 bits per heavy atom. The minimum atomic E-state index is -4.43. The van der Waals surface area contributed by atoms with E-state index in [0.29, 0.717) is 37.9 Å². The minimum Gasteiger partial charge on any atom is -0.488 e.